The number of rotatable bonds is 5. The van der Waals surface area contributed by atoms with E-state index >= 15 is 0 Å². The van der Waals surface area contributed by atoms with E-state index in [1.807, 2.05) is 0 Å². The number of carboxylic acid groups (broad SMARTS) is 1. The summed E-state index contributed by atoms with van der Waals surface area (Å²) in [5.41, 5.74) is 0.597. The normalized spacial score (nSPS) is 14.2. The highest BCUT2D eigenvalue weighted by atomic mass is 16.4. The van der Waals surface area contributed by atoms with Crippen LogP contribution in [0.2, 0.25) is 0 Å². The van der Waals surface area contributed by atoms with Crippen molar-refractivity contribution in [3.05, 3.63) is 47.5 Å². The second-order valence-corrected chi connectivity index (χ2v) is 4.58. The lowest BCUT2D eigenvalue weighted by molar-refractivity contribution is 0.00500. The maximum absolute atomic E-state index is 11.2. The van der Waals surface area contributed by atoms with Crippen LogP contribution in [0.1, 0.15) is 28.4 Å². The van der Waals surface area contributed by atoms with Crippen LogP contribution in [0.3, 0.4) is 0 Å². The molecule has 0 aliphatic carbocycles. The number of fused-ring (bicyclic) bond motifs is 1. The zero-order chi connectivity index (χ0) is 14.7. The summed E-state index contributed by atoms with van der Waals surface area (Å²) in [7, 11) is 0. The summed E-state index contributed by atoms with van der Waals surface area (Å²) in [5, 5.41) is 39.0. The number of aromatic carboxylic acids is 1. The molecule has 5 heteroatoms. The van der Waals surface area contributed by atoms with E-state index in [0.717, 1.165) is 0 Å². The van der Waals surface area contributed by atoms with E-state index in [0.29, 0.717) is 16.3 Å². The van der Waals surface area contributed by atoms with Crippen LogP contribution in [-0.2, 0) is 0 Å². The summed E-state index contributed by atoms with van der Waals surface area (Å²) >= 11 is 0. The Balaban J connectivity index is 2.55. The van der Waals surface area contributed by atoms with Gasteiger partial charge in [-0.25, -0.2) is 4.79 Å². The predicted molar refractivity (Wildman–Crippen MR) is 73.6 cm³/mol. The molecule has 0 saturated carbocycles. The fourth-order valence-electron chi connectivity index (χ4n) is 2.28. The van der Waals surface area contributed by atoms with Crippen molar-refractivity contribution in [2.45, 2.75) is 18.6 Å². The van der Waals surface area contributed by atoms with Gasteiger partial charge in [0.2, 0.25) is 0 Å². The molecule has 2 aromatic carbocycles. The highest BCUT2D eigenvalue weighted by Gasteiger charge is 2.21. The van der Waals surface area contributed by atoms with Crippen LogP contribution in [0.15, 0.2) is 36.4 Å². The van der Waals surface area contributed by atoms with Crippen molar-refractivity contribution in [3.63, 3.8) is 0 Å². The summed E-state index contributed by atoms with van der Waals surface area (Å²) in [6.07, 6.45) is -2.22. The van der Waals surface area contributed by atoms with Gasteiger partial charge in [0.15, 0.2) is 0 Å². The van der Waals surface area contributed by atoms with Gasteiger partial charge in [-0.1, -0.05) is 30.3 Å². The number of hydrogen-bond donors (Lipinski definition) is 4. The SMILES string of the molecule is O=C(O)c1cccc2c(C(O)C(O)CCO)cccc12. The Hall–Kier alpha value is -1.95. The largest absolute Gasteiger partial charge is 0.478 e. The number of carboxylic acids is 1. The van der Waals surface area contributed by atoms with E-state index in [2.05, 4.69) is 0 Å². The fraction of sp³-hybridized carbons (Fsp3) is 0.267. The van der Waals surface area contributed by atoms with Gasteiger partial charge in [-0.3, -0.25) is 0 Å². The molecule has 4 N–H and O–H groups in total. The minimum atomic E-state index is -1.17. The van der Waals surface area contributed by atoms with Gasteiger partial charge in [0.05, 0.1) is 11.7 Å². The van der Waals surface area contributed by atoms with E-state index in [4.69, 9.17) is 10.2 Å². The third kappa shape index (κ3) is 2.65. The Kier molecular flexibility index (Phi) is 4.34. The van der Waals surface area contributed by atoms with Crippen LogP contribution in [0.5, 0.6) is 0 Å². The minimum Gasteiger partial charge on any atom is -0.478 e. The Labute approximate surface area is 115 Å². The second-order valence-electron chi connectivity index (χ2n) is 4.58. The lowest BCUT2D eigenvalue weighted by atomic mass is 9.94. The van der Waals surface area contributed by atoms with Crippen molar-refractivity contribution >= 4 is 16.7 Å². The smallest absolute Gasteiger partial charge is 0.336 e. The fourth-order valence-corrected chi connectivity index (χ4v) is 2.28. The number of aliphatic hydroxyl groups excluding tert-OH is 3. The van der Waals surface area contributed by atoms with Crippen molar-refractivity contribution in [2.24, 2.45) is 0 Å². The zero-order valence-electron chi connectivity index (χ0n) is 10.7. The second kappa shape index (κ2) is 6.00. The van der Waals surface area contributed by atoms with Gasteiger partial charge in [0.25, 0.3) is 0 Å². The van der Waals surface area contributed by atoms with Gasteiger partial charge in [-0.05, 0) is 28.8 Å². The summed E-state index contributed by atoms with van der Waals surface area (Å²) < 4.78 is 0. The van der Waals surface area contributed by atoms with E-state index in [-0.39, 0.29) is 18.6 Å². The van der Waals surface area contributed by atoms with Crippen molar-refractivity contribution in [1.82, 2.24) is 0 Å². The molecule has 2 unspecified atom stereocenters. The lowest BCUT2D eigenvalue weighted by Gasteiger charge is -2.19. The third-order valence-corrected chi connectivity index (χ3v) is 3.29. The molecule has 0 aliphatic rings. The maximum Gasteiger partial charge on any atom is 0.336 e. The first-order chi connectivity index (χ1) is 9.56. The van der Waals surface area contributed by atoms with E-state index in [1.165, 1.54) is 6.07 Å². The lowest BCUT2D eigenvalue weighted by Crippen LogP contribution is -2.19. The van der Waals surface area contributed by atoms with Crippen LogP contribution in [0.25, 0.3) is 10.8 Å². The Morgan fingerprint density at radius 1 is 1.05 bits per heavy atom. The van der Waals surface area contributed by atoms with Gasteiger partial charge in [0.1, 0.15) is 6.10 Å². The molecule has 0 aromatic heterocycles. The molecule has 0 radical (unpaired) electrons. The highest BCUT2D eigenvalue weighted by Crippen LogP contribution is 2.29. The highest BCUT2D eigenvalue weighted by molar-refractivity contribution is 6.04. The molecule has 0 fully saturated rings. The van der Waals surface area contributed by atoms with E-state index in [1.54, 1.807) is 30.3 Å². The molecular formula is C15H16O5. The summed E-state index contributed by atoms with van der Waals surface area (Å²) in [6, 6.07) is 9.73. The summed E-state index contributed by atoms with van der Waals surface area (Å²) in [5.74, 6) is -1.04. The van der Waals surface area contributed by atoms with Crippen LogP contribution in [0.4, 0.5) is 0 Å². The van der Waals surface area contributed by atoms with Crippen molar-refractivity contribution in [2.75, 3.05) is 6.61 Å². The molecule has 0 spiro atoms. The zero-order valence-corrected chi connectivity index (χ0v) is 10.7. The van der Waals surface area contributed by atoms with Crippen LogP contribution in [0, 0.1) is 0 Å². The molecule has 2 atom stereocenters. The average molecular weight is 276 g/mol. The Bertz CT molecular complexity index is 623. The van der Waals surface area contributed by atoms with Crippen LogP contribution in [-0.4, -0.2) is 39.1 Å². The quantitative estimate of drug-likeness (QED) is 0.660. The number of benzene rings is 2. The van der Waals surface area contributed by atoms with E-state index in [9.17, 15) is 15.0 Å². The van der Waals surface area contributed by atoms with Gasteiger partial charge in [0, 0.05) is 6.61 Å². The monoisotopic (exact) mass is 276 g/mol. The number of aliphatic hydroxyl groups is 3. The Morgan fingerprint density at radius 3 is 2.35 bits per heavy atom. The van der Waals surface area contributed by atoms with E-state index < -0.39 is 18.2 Å². The molecule has 0 heterocycles. The third-order valence-electron chi connectivity index (χ3n) is 3.29. The average Bonchev–Trinajstić information content (AvgIpc) is 2.45. The maximum atomic E-state index is 11.2. The van der Waals surface area contributed by atoms with Gasteiger partial charge < -0.3 is 20.4 Å². The molecule has 2 aromatic rings. The predicted octanol–water partition coefficient (Wildman–Crippen LogP) is 1.31. The first-order valence-corrected chi connectivity index (χ1v) is 6.28. The molecule has 5 nitrogen and oxygen atoms in total. The minimum absolute atomic E-state index is 0.0518. The molecule has 0 bridgehead atoms. The topological polar surface area (TPSA) is 98.0 Å². The number of hydrogen-bond acceptors (Lipinski definition) is 4. The van der Waals surface area contributed by atoms with Gasteiger partial charge in [-0.2, -0.15) is 0 Å². The van der Waals surface area contributed by atoms with Crippen LogP contribution >= 0.6 is 0 Å². The molecule has 0 aliphatic heterocycles. The molecule has 0 amide bonds. The number of carbonyl (C=O) groups is 1. The first kappa shape index (κ1) is 14.5. The van der Waals surface area contributed by atoms with Crippen LogP contribution < -0.4 is 0 Å². The molecule has 0 saturated heterocycles. The molecule has 20 heavy (non-hydrogen) atoms. The van der Waals surface area contributed by atoms with Gasteiger partial charge >= 0.3 is 5.97 Å². The summed E-state index contributed by atoms with van der Waals surface area (Å²) in [6.45, 7) is -0.233. The molecular weight excluding hydrogens is 260 g/mol. The first-order valence-electron chi connectivity index (χ1n) is 6.28. The van der Waals surface area contributed by atoms with Crippen molar-refractivity contribution in [1.29, 1.82) is 0 Å². The van der Waals surface area contributed by atoms with Crippen molar-refractivity contribution in [3.8, 4) is 0 Å². The van der Waals surface area contributed by atoms with Gasteiger partial charge in [-0.15, -0.1) is 0 Å². The van der Waals surface area contributed by atoms with Crippen molar-refractivity contribution < 1.29 is 25.2 Å². The standard InChI is InChI=1S/C15H16O5/c16-8-7-13(17)14(18)11-5-1-4-10-9(11)3-2-6-12(10)15(19)20/h1-6,13-14,16-18H,7-8H2,(H,19,20). The molecule has 2 rings (SSSR count). The molecule has 106 valence electrons. The summed E-state index contributed by atoms with van der Waals surface area (Å²) in [4.78, 5) is 11.2. The Morgan fingerprint density at radius 2 is 1.70 bits per heavy atom.